The van der Waals surface area contributed by atoms with Gasteiger partial charge in [-0.2, -0.15) is 13.2 Å². The van der Waals surface area contributed by atoms with Gasteiger partial charge < -0.3 is 15.8 Å². The largest absolute Gasteiger partial charge is 0.457 e. The Labute approximate surface area is 143 Å². The van der Waals surface area contributed by atoms with E-state index >= 15 is 0 Å². The normalized spacial score (nSPS) is 12.6. The zero-order valence-electron chi connectivity index (χ0n) is 13.6. The van der Waals surface area contributed by atoms with E-state index in [-0.39, 0.29) is 6.04 Å². The summed E-state index contributed by atoms with van der Waals surface area (Å²) in [6, 6.07) is 11.3. The summed E-state index contributed by atoms with van der Waals surface area (Å²) < 4.78 is 43.1. The minimum absolute atomic E-state index is 0.331. The first-order chi connectivity index (χ1) is 11.8. The molecular weight excluding hydrogens is 333 g/mol. The van der Waals surface area contributed by atoms with Gasteiger partial charge in [-0.15, -0.1) is 0 Å². The minimum Gasteiger partial charge on any atom is -0.457 e. The Bertz CT molecular complexity index is 698. The number of hydrogen-bond donors (Lipinski definition) is 2. The van der Waals surface area contributed by atoms with Crippen molar-refractivity contribution in [1.82, 2.24) is 5.32 Å². The van der Waals surface area contributed by atoms with Crippen LogP contribution in [0.5, 0.6) is 11.5 Å². The van der Waals surface area contributed by atoms with E-state index in [2.05, 4.69) is 5.32 Å². The molecule has 3 N–H and O–H groups in total. The molecule has 0 saturated carbocycles. The number of hydrogen-bond acceptors (Lipinski definition) is 3. The Balaban J connectivity index is 1.89. The topological polar surface area (TPSA) is 64.3 Å². The lowest BCUT2D eigenvalue weighted by Gasteiger charge is -2.11. The molecule has 2 rings (SSSR count). The Kier molecular flexibility index (Phi) is 6.03. The second-order valence-corrected chi connectivity index (χ2v) is 5.60. The van der Waals surface area contributed by atoms with Crippen molar-refractivity contribution in [1.29, 1.82) is 0 Å². The van der Waals surface area contributed by atoms with Crippen LogP contribution < -0.4 is 15.8 Å². The fourth-order valence-corrected chi connectivity index (χ4v) is 2.11. The zero-order valence-corrected chi connectivity index (χ0v) is 13.6. The van der Waals surface area contributed by atoms with E-state index < -0.39 is 17.6 Å². The highest BCUT2D eigenvalue weighted by Crippen LogP contribution is 2.31. The van der Waals surface area contributed by atoms with Crippen molar-refractivity contribution < 1.29 is 22.7 Å². The molecule has 0 aliphatic rings. The van der Waals surface area contributed by atoms with Gasteiger partial charge in [0.05, 0.1) is 11.6 Å². The van der Waals surface area contributed by atoms with E-state index in [4.69, 9.17) is 10.5 Å². The second-order valence-electron chi connectivity index (χ2n) is 5.60. The lowest BCUT2D eigenvalue weighted by atomic mass is 10.1. The van der Waals surface area contributed by atoms with Crippen LogP contribution in [0.25, 0.3) is 0 Å². The predicted molar refractivity (Wildman–Crippen MR) is 88.3 cm³/mol. The second kappa shape index (κ2) is 8.02. The molecule has 1 unspecified atom stereocenters. The number of alkyl halides is 3. The lowest BCUT2D eigenvalue weighted by molar-refractivity contribution is -0.137. The van der Waals surface area contributed by atoms with Gasteiger partial charge in [-0.1, -0.05) is 12.1 Å². The Morgan fingerprint density at radius 3 is 2.08 bits per heavy atom. The average molecular weight is 352 g/mol. The third-order valence-corrected chi connectivity index (χ3v) is 3.63. The molecule has 0 bridgehead atoms. The maximum Gasteiger partial charge on any atom is 0.416 e. The summed E-state index contributed by atoms with van der Waals surface area (Å²) in [7, 11) is 0. The van der Waals surface area contributed by atoms with E-state index in [9.17, 15) is 18.0 Å². The smallest absolute Gasteiger partial charge is 0.416 e. The summed E-state index contributed by atoms with van der Waals surface area (Å²) in [6.07, 6.45) is -3.65. The van der Waals surface area contributed by atoms with Crippen LogP contribution in [-0.2, 0) is 17.4 Å². The van der Waals surface area contributed by atoms with Crippen molar-refractivity contribution >= 4 is 5.91 Å². The molecule has 0 radical (unpaired) electrons. The number of carbonyl (C=O) groups is 1. The molecule has 4 nitrogen and oxygen atoms in total. The molecule has 0 saturated heterocycles. The molecule has 0 heterocycles. The van der Waals surface area contributed by atoms with E-state index in [1.165, 1.54) is 12.1 Å². The number of rotatable bonds is 7. The number of primary amides is 1. The highest BCUT2D eigenvalue weighted by Gasteiger charge is 2.30. The van der Waals surface area contributed by atoms with Crippen molar-refractivity contribution in [2.24, 2.45) is 5.73 Å². The van der Waals surface area contributed by atoms with E-state index in [0.29, 0.717) is 24.5 Å². The number of halogens is 3. The van der Waals surface area contributed by atoms with Crippen LogP contribution in [0.3, 0.4) is 0 Å². The zero-order chi connectivity index (χ0) is 18.4. The first kappa shape index (κ1) is 18.8. The van der Waals surface area contributed by atoms with Crippen LogP contribution in [0.15, 0.2) is 48.5 Å². The first-order valence-electron chi connectivity index (χ1n) is 7.72. The van der Waals surface area contributed by atoms with Crippen LogP contribution in [0.2, 0.25) is 0 Å². The molecule has 0 spiro atoms. The molecule has 2 aromatic rings. The van der Waals surface area contributed by atoms with Gasteiger partial charge in [0.2, 0.25) is 5.91 Å². The van der Waals surface area contributed by atoms with Crippen LogP contribution in [0.1, 0.15) is 18.1 Å². The fraction of sp³-hybridized carbons (Fsp3) is 0.278. The molecule has 0 aromatic heterocycles. The number of benzene rings is 2. The number of nitrogens with one attached hydrogen (secondary N) is 1. The van der Waals surface area contributed by atoms with Crippen molar-refractivity contribution in [2.75, 3.05) is 6.54 Å². The van der Waals surface area contributed by atoms with Gasteiger partial charge in [0.1, 0.15) is 11.5 Å². The molecule has 134 valence electrons. The predicted octanol–water partition coefficient (Wildman–Crippen LogP) is 3.50. The van der Waals surface area contributed by atoms with Gasteiger partial charge in [0.25, 0.3) is 0 Å². The van der Waals surface area contributed by atoms with Crippen LogP contribution in [-0.4, -0.2) is 18.5 Å². The third-order valence-electron chi connectivity index (χ3n) is 3.63. The van der Waals surface area contributed by atoms with Gasteiger partial charge in [0.15, 0.2) is 0 Å². The molecule has 1 atom stereocenters. The van der Waals surface area contributed by atoms with Crippen molar-refractivity contribution in [3.05, 3.63) is 59.7 Å². The van der Waals surface area contributed by atoms with E-state index in [0.717, 1.165) is 17.7 Å². The monoisotopic (exact) mass is 352 g/mol. The Hall–Kier alpha value is -2.54. The summed E-state index contributed by atoms with van der Waals surface area (Å²) in [4.78, 5) is 10.9. The summed E-state index contributed by atoms with van der Waals surface area (Å²) in [6.45, 7) is 2.30. The maximum atomic E-state index is 12.5. The molecule has 0 fully saturated rings. The fourth-order valence-electron chi connectivity index (χ4n) is 2.11. The minimum atomic E-state index is -4.36. The quantitative estimate of drug-likeness (QED) is 0.802. The molecule has 2 aromatic carbocycles. The molecule has 0 aliphatic heterocycles. The summed E-state index contributed by atoms with van der Waals surface area (Å²) in [5, 5.41) is 3.00. The van der Waals surface area contributed by atoms with Gasteiger partial charge in [0, 0.05) is 0 Å². The van der Waals surface area contributed by atoms with Crippen molar-refractivity contribution in [3.63, 3.8) is 0 Å². The van der Waals surface area contributed by atoms with E-state index in [1.54, 1.807) is 19.1 Å². The summed E-state index contributed by atoms with van der Waals surface area (Å²) in [5.74, 6) is 0.458. The first-order valence-corrected chi connectivity index (χ1v) is 7.72. The van der Waals surface area contributed by atoms with E-state index in [1.807, 2.05) is 12.1 Å². The molecule has 0 aliphatic carbocycles. The summed E-state index contributed by atoms with van der Waals surface area (Å²) >= 11 is 0. The Morgan fingerprint density at radius 2 is 1.60 bits per heavy atom. The third kappa shape index (κ3) is 5.79. The number of ether oxygens (including phenoxy) is 1. The number of nitrogens with two attached hydrogens (primary N) is 1. The Morgan fingerprint density at radius 1 is 1.08 bits per heavy atom. The van der Waals surface area contributed by atoms with Gasteiger partial charge >= 0.3 is 6.18 Å². The van der Waals surface area contributed by atoms with Crippen molar-refractivity contribution in [2.45, 2.75) is 25.6 Å². The standard InChI is InChI=1S/C18H19F3N2O2/c1-12(17(22)24)23-11-10-13-2-6-15(7-3-13)25-16-8-4-14(5-9-16)18(19,20)21/h2-9,12,23H,10-11H2,1H3,(H2,22,24). The van der Waals surface area contributed by atoms with Gasteiger partial charge in [-0.25, -0.2) is 0 Å². The highest BCUT2D eigenvalue weighted by molar-refractivity contribution is 5.79. The molecular formula is C18H19F3N2O2. The van der Waals surface area contributed by atoms with Gasteiger partial charge in [-0.05, 0) is 61.9 Å². The lowest BCUT2D eigenvalue weighted by Crippen LogP contribution is -2.39. The average Bonchev–Trinajstić information content (AvgIpc) is 2.56. The number of amides is 1. The van der Waals surface area contributed by atoms with Crippen molar-refractivity contribution in [3.8, 4) is 11.5 Å². The van der Waals surface area contributed by atoms with Gasteiger partial charge in [-0.3, -0.25) is 4.79 Å². The van der Waals surface area contributed by atoms with Crippen LogP contribution >= 0.6 is 0 Å². The van der Waals surface area contributed by atoms with Crippen LogP contribution in [0.4, 0.5) is 13.2 Å². The molecule has 1 amide bonds. The molecule has 25 heavy (non-hydrogen) atoms. The summed E-state index contributed by atoms with van der Waals surface area (Å²) in [5.41, 5.74) is 5.48. The van der Waals surface area contributed by atoms with Crippen LogP contribution in [0, 0.1) is 0 Å². The maximum absolute atomic E-state index is 12.5. The highest BCUT2D eigenvalue weighted by atomic mass is 19.4. The SMILES string of the molecule is CC(NCCc1ccc(Oc2ccc(C(F)(F)F)cc2)cc1)C(N)=O. The number of carbonyl (C=O) groups excluding carboxylic acids is 1. The molecule has 7 heteroatoms.